The van der Waals surface area contributed by atoms with Crippen molar-refractivity contribution in [3.8, 4) is 0 Å². The van der Waals surface area contributed by atoms with E-state index in [4.69, 9.17) is 0 Å². The molecule has 0 fully saturated rings. The van der Waals surface area contributed by atoms with Gasteiger partial charge in [0.2, 0.25) is 5.71 Å². The molecule has 2 nitrogen and oxygen atoms in total. The number of hydrogen-bond acceptors (Lipinski definition) is 2. The number of nitrogens with two attached hydrogens (primary N) is 1. The molecule has 0 unspecified atom stereocenters. The highest BCUT2D eigenvalue weighted by molar-refractivity contribution is 6.02. The molecule has 0 aromatic carbocycles. The first-order chi connectivity index (χ1) is 6.51. The molecule has 0 amide bonds. The monoisotopic (exact) mass is 242 g/mol. The summed E-state index contributed by atoms with van der Waals surface area (Å²) >= 11 is 0. The molecule has 0 aromatic heterocycles. The van der Waals surface area contributed by atoms with Crippen LogP contribution < -0.4 is 5.73 Å². The maximum Gasteiger partial charge on any atom is 0.438 e. The molecule has 0 radical (unpaired) electrons. The largest absolute Gasteiger partial charge is 0.438 e. The van der Waals surface area contributed by atoms with Crippen molar-refractivity contribution >= 4 is 5.71 Å². The second kappa shape index (κ2) is 4.03. The zero-order chi connectivity index (χ0) is 12.4. The molecular weight excluding hydrogens is 240 g/mol. The first kappa shape index (κ1) is 13.7. The van der Waals surface area contributed by atoms with Gasteiger partial charge in [-0.15, -0.1) is 0 Å². The van der Waals surface area contributed by atoms with Gasteiger partial charge in [0.15, 0.2) is 11.5 Å². The quantitative estimate of drug-likeness (QED) is 0.557. The minimum Gasteiger partial charge on any atom is -0.392 e. The summed E-state index contributed by atoms with van der Waals surface area (Å²) in [6, 6.07) is 0. The lowest BCUT2D eigenvalue weighted by atomic mass is 10.2. The highest BCUT2D eigenvalue weighted by atomic mass is 19.4. The van der Waals surface area contributed by atoms with Crippen LogP contribution in [-0.4, -0.2) is 18.1 Å². The van der Waals surface area contributed by atoms with Crippen LogP contribution in [0.1, 0.15) is 0 Å². The van der Waals surface area contributed by atoms with Crippen LogP contribution in [0, 0.1) is 0 Å². The number of alkyl halides is 6. The van der Waals surface area contributed by atoms with Gasteiger partial charge in [0, 0.05) is 0 Å². The van der Waals surface area contributed by atoms with Crippen molar-refractivity contribution in [1.29, 1.82) is 0 Å². The molecule has 15 heavy (non-hydrogen) atoms. The smallest absolute Gasteiger partial charge is 0.392 e. The summed E-state index contributed by atoms with van der Waals surface area (Å²) in [4.78, 5) is 0. The Labute approximate surface area is 77.0 Å². The maximum absolute atomic E-state index is 12.4. The number of halogens is 8. The summed E-state index contributed by atoms with van der Waals surface area (Å²) in [7, 11) is 0. The third-order valence-electron chi connectivity index (χ3n) is 1.10. The van der Waals surface area contributed by atoms with E-state index in [1.165, 1.54) is 0 Å². The van der Waals surface area contributed by atoms with Gasteiger partial charge < -0.3 is 5.73 Å². The van der Waals surface area contributed by atoms with E-state index in [1.807, 2.05) is 0 Å². The van der Waals surface area contributed by atoms with Crippen LogP contribution in [0.5, 0.6) is 0 Å². The molecule has 10 heteroatoms. The fourth-order valence-corrected chi connectivity index (χ4v) is 0.461. The fraction of sp³-hybridized carbons (Fsp3) is 0.400. The molecule has 0 aliphatic heterocycles. The molecule has 0 rings (SSSR count). The predicted molar refractivity (Wildman–Crippen MR) is 33.0 cm³/mol. The van der Waals surface area contributed by atoms with Gasteiger partial charge in [-0.2, -0.15) is 26.3 Å². The first-order valence-corrected chi connectivity index (χ1v) is 3.00. The standard InChI is InChI=1S/C5H2F8N2/c6-1(2(14)4(7,8)9)3(15-13)5(10,11)12/h14H2/b2-1+,15-3?. The number of nitrogens with zero attached hydrogens (tertiary/aromatic N) is 1. The second-order valence-corrected chi connectivity index (χ2v) is 2.16. The summed E-state index contributed by atoms with van der Waals surface area (Å²) in [6.07, 6.45) is -11.2. The molecular formula is C5H2F8N2. The van der Waals surface area contributed by atoms with Crippen LogP contribution >= 0.6 is 0 Å². The highest BCUT2D eigenvalue weighted by Crippen LogP contribution is 2.30. The van der Waals surface area contributed by atoms with Crippen molar-refractivity contribution in [2.24, 2.45) is 10.9 Å². The molecule has 0 aromatic rings. The van der Waals surface area contributed by atoms with Gasteiger partial charge in [-0.1, -0.05) is 9.70 Å². The zero-order valence-corrected chi connectivity index (χ0v) is 6.55. The van der Waals surface area contributed by atoms with Gasteiger partial charge in [0.25, 0.3) is 0 Å². The Kier molecular flexibility index (Phi) is 3.66. The molecule has 0 atom stereocenters. The average molecular weight is 242 g/mol. The maximum atomic E-state index is 12.4. The van der Waals surface area contributed by atoms with Gasteiger partial charge in [-0.05, 0) is 0 Å². The highest BCUT2D eigenvalue weighted by Gasteiger charge is 2.45. The molecule has 0 saturated carbocycles. The molecule has 0 heterocycles. The van der Waals surface area contributed by atoms with E-state index in [9.17, 15) is 35.2 Å². The summed E-state index contributed by atoms with van der Waals surface area (Å²) in [5.41, 5.74) is -1.66. The third-order valence-corrected chi connectivity index (χ3v) is 1.10. The van der Waals surface area contributed by atoms with Crippen molar-refractivity contribution in [2.75, 3.05) is 0 Å². The SMILES string of the molecule is N/C(=C(/F)C(=NF)C(F)(F)F)C(F)(F)F. The number of rotatable bonds is 1. The van der Waals surface area contributed by atoms with Crippen molar-refractivity contribution in [3.63, 3.8) is 0 Å². The van der Waals surface area contributed by atoms with E-state index < -0.39 is 29.6 Å². The van der Waals surface area contributed by atoms with Gasteiger partial charge in [0.05, 0.1) is 0 Å². The van der Waals surface area contributed by atoms with Crippen LogP contribution in [0.3, 0.4) is 0 Å². The minimum atomic E-state index is -5.70. The van der Waals surface area contributed by atoms with E-state index in [2.05, 4.69) is 5.73 Å². The third kappa shape index (κ3) is 3.36. The Bertz CT molecular complexity index is 295. The normalized spacial score (nSPS) is 16.4. The van der Waals surface area contributed by atoms with Crippen LogP contribution in [0.2, 0.25) is 0 Å². The second-order valence-electron chi connectivity index (χ2n) is 2.16. The molecule has 0 saturated heterocycles. The van der Waals surface area contributed by atoms with E-state index in [0.29, 0.717) is 0 Å². The number of hydrogen-bond donors (Lipinski definition) is 1. The molecule has 0 spiro atoms. The summed E-state index contributed by atoms with van der Waals surface area (Å²) < 4.78 is 93.5. The van der Waals surface area contributed by atoms with Crippen LogP contribution in [0.4, 0.5) is 35.2 Å². The zero-order valence-electron chi connectivity index (χ0n) is 6.55. The lowest BCUT2D eigenvalue weighted by Crippen LogP contribution is -2.29. The molecule has 2 N–H and O–H groups in total. The van der Waals surface area contributed by atoms with Gasteiger partial charge in [0.1, 0.15) is 0 Å². The van der Waals surface area contributed by atoms with Crippen LogP contribution in [0.25, 0.3) is 0 Å². The van der Waals surface area contributed by atoms with Crippen LogP contribution in [-0.2, 0) is 0 Å². The summed E-state index contributed by atoms with van der Waals surface area (Å²) in [5, 5.41) is 0.873. The molecule has 0 bridgehead atoms. The van der Waals surface area contributed by atoms with Gasteiger partial charge >= 0.3 is 12.4 Å². The summed E-state index contributed by atoms with van der Waals surface area (Å²) in [5.74, 6) is -3.00. The Balaban J connectivity index is 5.42. The molecule has 88 valence electrons. The Morgan fingerprint density at radius 2 is 1.33 bits per heavy atom. The van der Waals surface area contributed by atoms with Crippen molar-refractivity contribution in [2.45, 2.75) is 12.4 Å². The lowest BCUT2D eigenvalue weighted by molar-refractivity contribution is -0.0948. The minimum absolute atomic E-state index is 0.873. The molecule has 0 aliphatic rings. The van der Waals surface area contributed by atoms with Crippen molar-refractivity contribution in [1.82, 2.24) is 0 Å². The van der Waals surface area contributed by atoms with Gasteiger partial charge in [-0.25, -0.2) is 4.39 Å². The average Bonchev–Trinajstić information content (AvgIpc) is 1.99. The lowest BCUT2D eigenvalue weighted by Gasteiger charge is -2.10. The van der Waals surface area contributed by atoms with E-state index >= 15 is 0 Å². The number of allylic oxidation sites excluding steroid dienone is 2. The van der Waals surface area contributed by atoms with E-state index in [1.54, 1.807) is 0 Å². The van der Waals surface area contributed by atoms with Crippen molar-refractivity contribution in [3.05, 3.63) is 11.5 Å². The molecule has 0 aliphatic carbocycles. The Hall–Kier alpha value is -1.35. The van der Waals surface area contributed by atoms with Crippen molar-refractivity contribution < 1.29 is 35.2 Å². The summed E-state index contributed by atoms with van der Waals surface area (Å²) in [6.45, 7) is 0. The Morgan fingerprint density at radius 3 is 1.53 bits per heavy atom. The topological polar surface area (TPSA) is 38.4 Å². The van der Waals surface area contributed by atoms with E-state index in [0.717, 1.165) is 5.21 Å². The van der Waals surface area contributed by atoms with E-state index in [-0.39, 0.29) is 0 Å². The predicted octanol–water partition coefficient (Wildman–Crippen LogP) is 2.58. The van der Waals surface area contributed by atoms with Crippen LogP contribution in [0.15, 0.2) is 16.7 Å². The fourth-order valence-electron chi connectivity index (χ4n) is 0.461. The Morgan fingerprint density at radius 1 is 0.933 bits per heavy atom. The first-order valence-electron chi connectivity index (χ1n) is 3.00. The van der Waals surface area contributed by atoms with Gasteiger partial charge in [-0.3, -0.25) is 0 Å².